The summed E-state index contributed by atoms with van der Waals surface area (Å²) in [7, 11) is -3.08. The first-order chi connectivity index (χ1) is 11.2. The van der Waals surface area contributed by atoms with Crippen molar-refractivity contribution in [3.63, 3.8) is 0 Å². The highest BCUT2D eigenvalue weighted by Gasteiger charge is 2.51. The summed E-state index contributed by atoms with van der Waals surface area (Å²) in [6, 6.07) is 6.84. The molecular formula is C14H18F3NO5S. The number of rotatable bonds is 7. The van der Waals surface area contributed by atoms with E-state index in [1.807, 2.05) is 0 Å². The van der Waals surface area contributed by atoms with Crippen molar-refractivity contribution in [2.24, 2.45) is 0 Å². The van der Waals surface area contributed by atoms with Crippen molar-refractivity contribution in [3.05, 3.63) is 29.8 Å². The molecule has 0 radical (unpaired) electrons. The van der Waals surface area contributed by atoms with Gasteiger partial charge in [-0.15, -0.1) is 0 Å². The van der Waals surface area contributed by atoms with Gasteiger partial charge in [-0.05, 0) is 6.07 Å². The van der Waals surface area contributed by atoms with E-state index in [2.05, 4.69) is 0 Å². The predicted octanol–water partition coefficient (Wildman–Crippen LogP) is 1.93. The van der Waals surface area contributed by atoms with Crippen LogP contribution in [-0.2, 0) is 19.5 Å². The Bertz CT molecular complexity index is 661. The molecule has 136 valence electrons. The fourth-order valence-electron chi connectivity index (χ4n) is 2.45. The van der Waals surface area contributed by atoms with Crippen LogP contribution in [0.1, 0.15) is 11.5 Å². The predicted molar refractivity (Wildman–Crippen MR) is 79.0 cm³/mol. The molecule has 2 rings (SSSR count). The molecular weight excluding hydrogens is 351 g/mol. The van der Waals surface area contributed by atoms with Crippen LogP contribution in [0.15, 0.2) is 24.3 Å². The van der Waals surface area contributed by atoms with E-state index in [0.29, 0.717) is 15.6 Å². The van der Waals surface area contributed by atoms with Crippen LogP contribution in [0.2, 0.25) is 0 Å². The maximum absolute atomic E-state index is 13.0. The summed E-state index contributed by atoms with van der Waals surface area (Å²) in [4.78, 5) is 0. The highest BCUT2D eigenvalue weighted by Crippen LogP contribution is 2.36. The molecule has 0 aliphatic carbocycles. The van der Waals surface area contributed by atoms with Gasteiger partial charge in [-0.25, -0.2) is 8.42 Å². The number of fused-ring (bicyclic) bond motifs is 1. The number of ether oxygens (including phenoxy) is 3. The molecule has 1 unspecified atom stereocenters. The second-order valence-corrected chi connectivity index (χ2v) is 7.14. The Morgan fingerprint density at radius 3 is 2.50 bits per heavy atom. The highest BCUT2D eigenvalue weighted by atomic mass is 32.2. The summed E-state index contributed by atoms with van der Waals surface area (Å²) >= 11 is 0. The van der Waals surface area contributed by atoms with Gasteiger partial charge in [0.25, 0.3) is 0 Å². The number of sulfonamides is 1. The molecule has 0 bridgehead atoms. The Labute approximate surface area is 138 Å². The zero-order valence-corrected chi connectivity index (χ0v) is 13.9. The maximum Gasteiger partial charge on any atom is 0.511 e. The molecule has 0 spiro atoms. The second-order valence-electron chi connectivity index (χ2n) is 5.21. The van der Waals surface area contributed by atoms with Crippen molar-refractivity contribution in [2.75, 3.05) is 33.9 Å². The van der Waals surface area contributed by atoms with E-state index < -0.39 is 34.3 Å². The largest absolute Gasteiger partial charge is 0.511 e. The third-order valence-electron chi connectivity index (χ3n) is 3.73. The lowest BCUT2D eigenvalue weighted by Crippen LogP contribution is -2.47. The second kappa shape index (κ2) is 7.26. The van der Waals surface area contributed by atoms with Gasteiger partial charge in [0.1, 0.15) is 5.75 Å². The number of methoxy groups -OCH3 is 2. The van der Waals surface area contributed by atoms with E-state index in [9.17, 15) is 21.6 Å². The summed E-state index contributed by atoms with van der Waals surface area (Å²) in [5.41, 5.74) is -4.73. The van der Waals surface area contributed by atoms with Gasteiger partial charge in [0.2, 0.25) is 0 Å². The number of para-hydroxylation sites is 1. The average molecular weight is 369 g/mol. The summed E-state index contributed by atoms with van der Waals surface area (Å²) in [5, 5.41) is 0. The van der Waals surface area contributed by atoms with Gasteiger partial charge in [0, 0.05) is 32.2 Å². The van der Waals surface area contributed by atoms with E-state index in [4.69, 9.17) is 14.2 Å². The van der Waals surface area contributed by atoms with Gasteiger partial charge < -0.3 is 14.2 Å². The van der Waals surface area contributed by atoms with Gasteiger partial charge in [0.15, 0.2) is 6.29 Å². The molecule has 0 aromatic heterocycles. The molecule has 6 nitrogen and oxygen atoms in total. The Kier molecular flexibility index (Phi) is 5.74. The lowest BCUT2D eigenvalue weighted by atomic mass is 10.0. The van der Waals surface area contributed by atoms with E-state index in [-0.39, 0.29) is 13.2 Å². The summed E-state index contributed by atoms with van der Waals surface area (Å²) in [5.74, 6) is 0.0366. The lowest BCUT2D eigenvalue weighted by Gasteiger charge is -2.28. The summed E-state index contributed by atoms with van der Waals surface area (Å²) < 4.78 is 78.1. The Balaban J connectivity index is 2.27. The first kappa shape index (κ1) is 19.0. The Morgan fingerprint density at radius 1 is 1.29 bits per heavy atom. The van der Waals surface area contributed by atoms with Crippen LogP contribution >= 0.6 is 0 Å². The van der Waals surface area contributed by atoms with Crippen LogP contribution in [0.4, 0.5) is 13.2 Å². The molecule has 0 N–H and O–H groups in total. The van der Waals surface area contributed by atoms with Crippen molar-refractivity contribution in [1.82, 2.24) is 4.31 Å². The third kappa shape index (κ3) is 3.82. The van der Waals surface area contributed by atoms with E-state index >= 15 is 0 Å². The van der Waals surface area contributed by atoms with Crippen LogP contribution in [0.3, 0.4) is 0 Å². The van der Waals surface area contributed by atoms with Crippen LogP contribution in [0.5, 0.6) is 5.75 Å². The van der Waals surface area contributed by atoms with E-state index in [1.54, 1.807) is 24.3 Å². The Hall–Kier alpha value is -1.36. The molecule has 1 heterocycles. The molecule has 24 heavy (non-hydrogen) atoms. The molecule has 0 saturated carbocycles. The number of halogens is 3. The molecule has 1 atom stereocenters. The molecule has 0 amide bonds. The Morgan fingerprint density at radius 2 is 1.92 bits per heavy atom. The topological polar surface area (TPSA) is 65.1 Å². The molecule has 0 saturated heterocycles. The first-order valence-corrected chi connectivity index (χ1v) is 8.48. The standard InChI is InChI=1S/C14H18F3NO5S/c1-21-13(22-2)8-18(24(19,20)14(15,16)17)7-10-9-23-12-6-4-3-5-11(10)12/h3-6,10,13H,7-9H2,1-2H3. The van der Waals surface area contributed by atoms with Crippen molar-refractivity contribution in [1.29, 1.82) is 0 Å². The minimum Gasteiger partial charge on any atom is -0.493 e. The zero-order valence-electron chi connectivity index (χ0n) is 13.1. The molecule has 1 aromatic carbocycles. The normalized spacial score (nSPS) is 18.0. The van der Waals surface area contributed by atoms with Crippen LogP contribution in [-0.4, -0.2) is 58.4 Å². The monoisotopic (exact) mass is 369 g/mol. The number of benzene rings is 1. The molecule has 1 aromatic rings. The summed E-state index contributed by atoms with van der Waals surface area (Å²) in [6.07, 6.45) is -1.11. The lowest BCUT2D eigenvalue weighted by molar-refractivity contribution is -0.111. The van der Waals surface area contributed by atoms with E-state index in [1.165, 1.54) is 14.2 Å². The SMILES string of the molecule is COC(CN(CC1COc2ccccc21)S(=O)(=O)C(F)(F)F)OC. The number of nitrogens with zero attached hydrogens (tertiary/aromatic N) is 1. The van der Waals surface area contributed by atoms with Gasteiger partial charge in [-0.1, -0.05) is 18.2 Å². The quantitative estimate of drug-likeness (QED) is 0.688. The van der Waals surface area contributed by atoms with Crippen molar-refractivity contribution in [2.45, 2.75) is 17.7 Å². The first-order valence-electron chi connectivity index (χ1n) is 7.04. The molecule has 1 aliphatic heterocycles. The van der Waals surface area contributed by atoms with Gasteiger partial charge in [0.05, 0.1) is 13.2 Å². The van der Waals surface area contributed by atoms with Gasteiger partial charge in [-0.3, -0.25) is 0 Å². The van der Waals surface area contributed by atoms with Crippen LogP contribution in [0, 0.1) is 0 Å². The third-order valence-corrected chi connectivity index (χ3v) is 5.30. The maximum atomic E-state index is 13.0. The van der Waals surface area contributed by atoms with E-state index in [0.717, 1.165) is 0 Å². The number of hydrogen-bond acceptors (Lipinski definition) is 5. The van der Waals surface area contributed by atoms with Crippen molar-refractivity contribution < 1.29 is 35.8 Å². The van der Waals surface area contributed by atoms with Gasteiger partial charge in [-0.2, -0.15) is 17.5 Å². The summed E-state index contributed by atoms with van der Waals surface area (Å²) in [6.45, 7) is -0.858. The smallest absolute Gasteiger partial charge is 0.493 e. The molecule has 0 fully saturated rings. The van der Waals surface area contributed by atoms with Gasteiger partial charge >= 0.3 is 15.5 Å². The van der Waals surface area contributed by atoms with Crippen LogP contribution < -0.4 is 4.74 Å². The fourth-order valence-corrected chi connectivity index (χ4v) is 3.44. The van der Waals surface area contributed by atoms with Crippen molar-refractivity contribution in [3.8, 4) is 5.75 Å². The number of alkyl halides is 3. The minimum absolute atomic E-state index is 0.105. The number of hydrogen-bond donors (Lipinski definition) is 0. The average Bonchev–Trinajstić information content (AvgIpc) is 2.93. The fraction of sp³-hybridized carbons (Fsp3) is 0.571. The van der Waals surface area contributed by atoms with Crippen LogP contribution in [0.25, 0.3) is 0 Å². The molecule has 1 aliphatic rings. The minimum atomic E-state index is -5.53. The molecule has 10 heteroatoms. The van der Waals surface area contributed by atoms with Crippen molar-refractivity contribution >= 4 is 10.0 Å². The zero-order chi connectivity index (χ0) is 18.0. The highest BCUT2D eigenvalue weighted by molar-refractivity contribution is 7.90.